The Kier molecular flexibility index (Phi) is 4.83. The maximum Gasteiger partial charge on any atom is 0.235 e. The monoisotopic (exact) mass is 406 g/mol. The van der Waals surface area contributed by atoms with E-state index in [0.29, 0.717) is 43.5 Å². The number of hydrogen-bond donors (Lipinski definition) is 2. The molecule has 1 aliphatic carbocycles. The fourth-order valence-electron chi connectivity index (χ4n) is 4.03. The minimum absolute atomic E-state index is 0.0981. The molecule has 6 nitrogen and oxygen atoms in total. The van der Waals surface area contributed by atoms with Crippen molar-refractivity contribution in [2.45, 2.75) is 37.0 Å². The lowest BCUT2D eigenvalue weighted by molar-refractivity contribution is -0.125. The Hall–Kier alpha value is -3.06. The van der Waals surface area contributed by atoms with Gasteiger partial charge in [-0.15, -0.1) is 0 Å². The Morgan fingerprint density at radius 1 is 1.07 bits per heavy atom. The number of rotatable bonds is 5. The number of benzene rings is 2. The Bertz CT molecular complexity index is 1040. The van der Waals surface area contributed by atoms with Gasteiger partial charge in [0.25, 0.3) is 0 Å². The fraction of sp³-hybridized carbons (Fsp3) is 0.348. The Labute approximate surface area is 173 Å². The number of nitrogens with one attached hydrogen (secondary N) is 2. The average molecular weight is 406 g/mol. The number of amides is 1. The molecule has 2 aromatic carbocycles. The molecule has 2 fully saturated rings. The molecule has 1 saturated carbocycles. The van der Waals surface area contributed by atoms with Crippen molar-refractivity contribution in [3.8, 4) is 11.4 Å². The first-order chi connectivity index (χ1) is 14.6. The summed E-state index contributed by atoms with van der Waals surface area (Å²) in [7, 11) is 0. The van der Waals surface area contributed by atoms with Crippen molar-refractivity contribution in [3.05, 3.63) is 65.7 Å². The first-order valence-corrected chi connectivity index (χ1v) is 10.3. The van der Waals surface area contributed by atoms with E-state index in [1.54, 1.807) is 12.1 Å². The number of anilines is 1. The molecule has 0 unspecified atom stereocenters. The number of nitrogens with zero attached hydrogens (tertiary/aromatic N) is 2. The predicted octanol–water partition coefficient (Wildman–Crippen LogP) is 4.18. The van der Waals surface area contributed by atoms with Gasteiger partial charge >= 0.3 is 0 Å². The lowest BCUT2D eigenvalue weighted by Gasteiger charge is -2.36. The van der Waals surface area contributed by atoms with Crippen molar-refractivity contribution >= 4 is 11.6 Å². The Balaban J connectivity index is 1.35. The molecule has 154 valence electrons. The largest absolute Gasteiger partial charge is 0.381 e. The molecule has 30 heavy (non-hydrogen) atoms. The number of carbonyl (C=O) groups excluding carboxylic acids is 1. The summed E-state index contributed by atoms with van der Waals surface area (Å²) in [6.07, 6.45) is 3.45. The fourth-order valence-corrected chi connectivity index (χ4v) is 4.03. The van der Waals surface area contributed by atoms with E-state index in [0.717, 1.165) is 17.0 Å². The van der Waals surface area contributed by atoms with Crippen LogP contribution in [0.1, 0.15) is 43.0 Å². The molecule has 3 aromatic rings. The standard InChI is InChI=1S/C23H23FN4O2/c24-18-7-5-17(6-8-18)23(11-13-30-14-12-23)22(29)25-19-9-3-16(4-10-19)21-26-20(27-28-21)15-1-2-15/h3-10,15H,1-2,11-14H2,(H,25,29)(H,26,27,28). The number of H-pyrrole nitrogens is 1. The summed E-state index contributed by atoms with van der Waals surface area (Å²) in [4.78, 5) is 17.9. The van der Waals surface area contributed by atoms with E-state index in [1.807, 2.05) is 24.3 Å². The van der Waals surface area contributed by atoms with Crippen LogP contribution in [0.2, 0.25) is 0 Å². The third-order valence-corrected chi connectivity index (χ3v) is 6.05. The minimum atomic E-state index is -0.729. The van der Waals surface area contributed by atoms with Crippen molar-refractivity contribution in [2.75, 3.05) is 18.5 Å². The van der Waals surface area contributed by atoms with Crippen LogP contribution in [0.15, 0.2) is 48.5 Å². The van der Waals surface area contributed by atoms with Crippen LogP contribution in [0.3, 0.4) is 0 Å². The van der Waals surface area contributed by atoms with Crippen LogP contribution in [-0.4, -0.2) is 34.3 Å². The molecular weight excluding hydrogens is 383 g/mol. The van der Waals surface area contributed by atoms with E-state index in [1.165, 1.54) is 25.0 Å². The van der Waals surface area contributed by atoms with Crippen LogP contribution in [0, 0.1) is 5.82 Å². The molecule has 1 amide bonds. The minimum Gasteiger partial charge on any atom is -0.381 e. The summed E-state index contributed by atoms with van der Waals surface area (Å²) in [6.45, 7) is 0.996. The summed E-state index contributed by atoms with van der Waals surface area (Å²) in [5.74, 6) is 1.73. The van der Waals surface area contributed by atoms with Crippen molar-refractivity contribution in [1.82, 2.24) is 15.2 Å². The van der Waals surface area contributed by atoms with Gasteiger partial charge in [0.15, 0.2) is 5.82 Å². The summed E-state index contributed by atoms with van der Waals surface area (Å²) in [5.41, 5.74) is 1.69. The first kappa shape index (κ1) is 18.9. The molecule has 7 heteroatoms. The summed E-state index contributed by atoms with van der Waals surface area (Å²) in [5, 5.41) is 10.4. The van der Waals surface area contributed by atoms with E-state index in [2.05, 4.69) is 20.5 Å². The van der Waals surface area contributed by atoms with Gasteiger partial charge in [-0.1, -0.05) is 12.1 Å². The number of aromatic amines is 1. The third kappa shape index (κ3) is 3.61. The van der Waals surface area contributed by atoms with Gasteiger partial charge in [0, 0.05) is 30.4 Å². The predicted molar refractivity (Wildman–Crippen MR) is 111 cm³/mol. The molecule has 1 aliphatic heterocycles. The van der Waals surface area contributed by atoms with Gasteiger partial charge < -0.3 is 10.1 Å². The molecule has 0 bridgehead atoms. The molecule has 2 N–H and O–H groups in total. The van der Waals surface area contributed by atoms with Gasteiger partial charge in [0.05, 0.1) is 5.41 Å². The van der Waals surface area contributed by atoms with Crippen LogP contribution in [0.25, 0.3) is 11.4 Å². The molecule has 0 atom stereocenters. The molecule has 0 radical (unpaired) electrons. The number of carbonyl (C=O) groups is 1. The van der Waals surface area contributed by atoms with E-state index >= 15 is 0 Å². The van der Waals surface area contributed by atoms with Crippen molar-refractivity contribution < 1.29 is 13.9 Å². The third-order valence-electron chi connectivity index (χ3n) is 6.05. The average Bonchev–Trinajstić information content (AvgIpc) is 3.52. The second-order valence-electron chi connectivity index (χ2n) is 8.05. The van der Waals surface area contributed by atoms with E-state index < -0.39 is 5.41 Å². The zero-order chi connectivity index (χ0) is 20.6. The number of ether oxygens (including phenoxy) is 1. The highest BCUT2D eigenvalue weighted by Crippen LogP contribution is 2.39. The zero-order valence-electron chi connectivity index (χ0n) is 16.5. The SMILES string of the molecule is O=C(Nc1ccc(-c2n[nH]c(C3CC3)n2)cc1)C1(c2ccc(F)cc2)CCOCC1. The summed E-state index contributed by atoms with van der Waals surface area (Å²) < 4.78 is 18.9. The van der Waals surface area contributed by atoms with Crippen LogP contribution in [0.5, 0.6) is 0 Å². The normalized spacial score (nSPS) is 18.2. The second kappa shape index (κ2) is 7.65. The van der Waals surface area contributed by atoms with Gasteiger partial charge in [-0.25, -0.2) is 9.37 Å². The van der Waals surface area contributed by atoms with Crippen molar-refractivity contribution in [3.63, 3.8) is 0 Å². The number of hydrogen-bond acceptors (Lipinski definition) is 4. The van der Waals surface area contributed by atoms with Crippen LogP contribution >= 0.6 is 0 Å². The molecule has 1 saturated heterocycles. The highest BCUT2D eigenvalue weighted by atomic mass is 19.1. The summed E-state index contributed by atoms with van der Waals surface area (Å²) in [6, 6.07) is 13.7. The smallest absolute Gasteiger partial charge is 0.235 e. The van der Waals surface area contributed by atoms with Crippen LogP contribution < -0.4 is 5.32 Å². The molecule has 1 aromatic heterocycles. The van der Waals surface area contributed by atoms with Crippen molar-refractivity contribution in [1.29, 1.82) is 0 Å². The molecule has 0 spiro atoms. The van der Waals surface area contributed by atoms with Gasteiger partial charge in [-0.2, -0.15) is 5.10 Å². The quantitative estimate of drug-likeness (QED) is 0.666. The van der Waals surface area contributed by atoms with E-state index in [4.69, 9.17) is 4.74 Å². The lowest BCUT2D eigenvalue weighted by Crippen LogP contribution is -2.44. The topological polar surface area (TPSA) is 79.9 Å². The Morgan fingerprint density at radius 3 is 2.43 bits per heavy atom. The molecular formula is C23H23FN4O2. The summed E-state index contributed by atoms with van der Waals surface area (Å²) >= 11 is 0. The lowest BCUT2D eigenvalue weighted by atomic mass is 9.73. The van der Waals surface area contributed by atoms with Gasteiger partial charge in [0.2, 0.25) is 5.91 Å². The molecule has 5 rings (SSSR count). The van der Waals surface area contributed by atoms with Gasteiger partial charge in [-0.3, -0.25) is 9.89 Å². The highest BCUT2D eigenvalue weighted by Gasteiger charge is 2.41. The van der Waals surface area contributed by atoms with Crippen molar-refractivity contribution in [2.24, 2.45) is 0 Å². The molecule has 2 aliphatic rings. The van der Waals surface area contributed by atoms with E-state index in [-0.39, 0.29) is 11.7 Å². The van der Waals surface area contributed by atoms with Crippen LogP contribution in [-0.2, 0) is 14.9 Å². The van der Waals surface area contributed by atoms with Crippen LogP contribution in [0.4, 0.5) is 10.1 Å². The first-order valence-electron chi connectivity index (χ1n) is 10.3. The zero-order valence-corrected chi connectivity index (χ0v) is 16.5. The Morgan fingerprint density at radius 2 is 1.77 bits per heavy atom. The van der Waals surface area contributed by atoms with E-state index in [9.17, 15) is 9.18 Å². The number of halogens is 1. The van der Waals surface area contributed by atoms with Gasteiger partial charge in [0.1, 0.15) is 11.6 Å². The number of aromatic nitrogens is 3. The second-order valence-corrected chi connectivity index (χ2v) is 8.05. The highest BCUT2D eigenvalue weighted by molar-refractivity contribution is 5.99. The van der Waals surface area contributed by atoms with Gasteiger partial charge in [-0.05, 0) is 67.6 Å². The maximum atomic E-state index is 13.4. The maximum absolute atomic E-state index is 13.4. The molecule has 2 heterocycles.